The van der Waals surface area contributed by atoms with E-state index < -0.39 is 0 Å². The van der Waals surface area contributed by atoms with Gasteiger partial charge in [-0.15, -0.1) is 0 Å². The van der Waals surface area contributed by atoms with Crippen LogP contribution in [0.5, 0.6) is 0 Å². The van der Waals surface area contributed by atoms with Crippen molar-refractivity contribution in [3.8, 4) is 0 Å². The van der Waals surface area contributed by atoms with Crippen LogP contribution in [0.2, 0.25) is 0 Å². The molecule has 2 aliphatic carbocycles. The van der Waals surface area contributed by atoms with Gasteiger partial charge in [0, 0.05) is 29.2 Å². The van der Waals surface area contributed by atoms with Crippen LogP contribution in [-0.4, -0.2) is 15.6 Å². The Labute approximate surface area is 124 Å². The number of oxime groups is 1. The van der Waals surface area contributed by atoms with Crippen molar-refractivity contribution in [1.29, 1.82) is 0 Å². The molecule has 2 aliphatic rings. The average Bonchev–Trinajstić information content (AvgIpc) is 3.22. The van der Waals surface area contributed by atoms with Crippen molar-refractivity contribution in [3.63, 3.8) is 0 Å². The van der Waals surface area contributed by atoms with Crippen molar-refractivity contribution in [2.24, 2.45) is 28.6 Å². The highest BCUT2D eigenvalue weighted by molar-refractivity contribution is 6.08. The molecule has 1 aromatic carbocycles. The highest BCUT2D eigenvalue weighted by Gasteiger charge is 2.39. The zero-order chi connectivity index (χ0) is 14.4. The van der Waals surface area contributed by atoms with E-state index in [1.165, 1.54) is 31.2 Å². The molecule has 4 rings (SSSR count). The highest BCUT2D eigenvalue weighted by Crippen LogP contribution is 2.49. The molecule has 0 amide bonds. The largest absolute Gasteiger partial charge is 0.409 e. The first kappa shape index (κ1) is 12.7. The predicted octanol–water partition coefficient (Wildman–Crippen LogP) is 3.17. The van der Waals surface area contributed by atoms with Gasteiger partial charge in [0.05, 0.1) is 0 Å². The van der Waals surface area contributed by atoms with Gasteiger partial charge in [0.25, 0.3) is 0 Å². The van der Waals surface area contributed by atoms with E-state index in [1.807, 2.05) is 12.1 Å². The molecule has 0 radical (unpaired) electrons. The molecule has 1 aromatic heterocycles. The van der Waals surface area contributed by atoms with Gasteiger partial charge >= 0.3 is 0 Å². The fraction of sp³-hybridized carbons (Fsp3) is 0.471. The molecule has 2 bridgehead atoms. The number of fused-ring (bicyclic) bond motifs is 3. The Morgan fingerprint density at radius 3 is 2.90 bits per heavy atom. The Kier molecular flexibility index (Phi) is 2.91. The van der Waals surface area contributed by atoms with E-state index in [0.717, 1.165) is 35.2 Å². The van der Waals surface area contributed by atoms with Gasteiger partial charge in [0.2, 0.25) is 0 Å². The molecule has 3 unspecified atom stereocenters. The minimum absolute atomic E-state index is 0.179. The lowest BCUT2D eigenvalue weighted by atomic mass is 9.89. The molecule has 3 atom stereocenters. The van der Waals surface area contributed by atoms with Crippen molar-refractivity contribution in [2.45, 2.75) is 32.2 Å². The van der Waals surface area contributed by atoms with Gasteiger partial charge in [0.15, 0.2) is 5.84 Å². The van der Waals surface area contributed by atoms with Gasteiger partial charge in [-0.05, 0) is 49.1 Å². The molecule has 110 valence electrons. The fourth-order valence-electron chi connectivity index (χ4n) is 4.51. The van der Waals surface area contributed by atoms with Crippen LogP contribution in [0.15, 0.2) is 35.6 Å². The van der Waals surface area contributed by atoms with Crippen LogP contribution < -0.4 is 5.73 Å². The molecule has 4 nitrogen and oxygen atoms in total. The van der Waals surface area contributed by atoms with E-state index in [0.29, 0.717) is 0 Å². The topological polar surface area (TPSA) is 63.5 Å². The Balaban J connectivity index is 1.67. The monoisotopic (exact) mass is 283 g/mol. The third-order valence-corrected chi connectivity index (χ3v) is 5.51. The van der Waals surface area contributed by atoms with Crippen molar-refractivity contribution in [3.05, 3.63) is 36.0 Å². The summed E-state index contributed by atoms with van der Waals surface area (Å²) >= 11 is 0. The van der Waals surface area contributed by atoms with Crippen LogP contribution in [0.1, 0.15) is 31.2 Å². The first-order valence-electron chi connectivity index (χ1n) is 7.82. The average molecular weight is 283 g/mol. The smallest absolute Gasteiger partial charge is 0.170 e. The molecule has 3 N–H and O–H groups in total. The number of nitrogens with two attached hydrogens (primary N) is 1. The first-order chi connectivity index (χ1) is 10.3. The van der Waals surface area contributed by atoms with Crippen molar-refractivity contribution in [2.75, 3.05) is 0 Å². The minimum Gasteiger partial charge on any atom is -0.409 e. The van der Waals surface area contributed by atoms with Crippen LogP contribution in [0, 0.1) is 17.8 Å². The molecule has 2 saturated carbocycles. The summed E-state index contributed by atoms with van der Waals surface area (Å²) in [4.78, 5) is 0. The van der Waals surface area contributed by atoms with Crippen LogP contribution in [0.3, 0.4) is 0 Å². The molecule has 2 aromatic rings. The van der Waals surface area contributed by atoms with Crippen molar-refractivity contribution >= 4 is 16.7 Å². The third-order valence-electron chi connectivity index (χ3n) is 5.51. The van der Waals surface area contributed by atoms with E-state index in [-0.39, 0.29) is 5.84 Å². The molecule has 0 spiro atoms. The van der Waals surface area contributed by atoms with E-state index >= 15 is 0 Å². The number of benzene rings is 1. The van der Waals surface area contributed by atoms with Gasteiger partial charge in [-0.25, -0.2) is 0 Å². The first-order valence-corrected chi connectivity index (χ1v) is 7.82. The summed E-state index contributed by atoms with van der Waals surface area (Å²) in [6, 6.07) is 8.08. The van der Waals surface area contributed by atoms with Gasteiger partial charge in [-0.3, -0.25) is 0 Å². The van der Waals surface area contributed by atoms with E-state index in [4.69, 9.17) is 10.9 Å². The van der Waals surface area contributed by atoms with Crippen LogP contribution in [0.4, 0.5) is 0 Å². The summed E-state index contributed by atoms with van der Waals surface area (Å²) in [5.74, 6) is 2.92. The second-order valence-corrected chi connectivity index (χ2v) is 6.63. The number of rotatable bonds is 3. The Bertz CT molecular complexity index is 703. The third kappa shape index (κ3) is 2.01. The van der Waals surface area contributed by atoms with Crippen molar-refractivity contribution in [1.82, 2.24) is 4.57 Å². The SMILES string of the molecule is N/C(=N/O)c1cccc2c1ccn2CC1CC2CCC1C2. The second kappa shape index (κ2) is 4.79. The maximum Gasteiger partial charge on any atom is 0.170 e. The summed E-state index contributed by atoms with van der Waals surface area (Å²) in [5, 5.41) is 13.1. The number of aromatic nitrogens is 1. The maximum atomic E-state index is 8.91. The lowest BCUT2D eigenvalue weighted by Crippen LogP contribution is -2.17. The molecule has 0 aliphatic heterocycles. The zero-order valence-corrected chi connectivity index (χ0v) is 12.1. The Morgan fingerprint density at radius 1 is 1.29 bits per heavy atom. The summed E-state index contributed by atoms with van der Waals surface area (Å²) in [7, 11) is 0. The predicted molar refractivity (Wildman–Crippen MR) is 83.4 cm³/mol. The quantitative estimate of drug-likeness (QED) is 0.393. The van der Waals surface area contributed by atoms with E-state index in [2.05, 4.69) is 28.1 Å². The lowest BCUT2D eigenvalue weighted by molar-refractivity contribution is 0.299. The lowest BCUT2D eigenvalue weighted by Gasteiger charge is -2.22. The molecule has 21 heavy (non-hydrogen) atoms. The van der Waals surface area contributed by atoms with E-state index in [9.17, 15) is 0 Å². The zero-order valence-electron chi connectivity index (χ0n) is 12.1. The van der Waals surface area contributed by atoms with Crippen molar-refractivity contribution < 1.29 is 5.21 Å². The van der Waals surface area contributed by atoms with Gasteiger partial charge in [-0.2, -0.15) is 0 Å². The maximum absolute atomic E-state index is 8.91. The normalized spacial score (nSPS) is 28.6. The molecular formula is C17H21N3O. The Morgan fingerprint density at radius 2 is 2.19 bits per heavy atom. The summed E-state index contributed by atoms with van der Waals surface area (Å²) in [6.07, 6.45) is 7.85. The van der Waals surface area contributed by atoms with Crippen LogP contribution >= 0.6 is 0 Å². The second-order valence-electron chi connectivity index (χ2n) is 6.63. The minimum atomic E-state index is 0.179. The number of amidine groups is 1. The molecule has 4 heteroatoms. The molecular weight excluding hydrogens is 262 g/mol. The molecule has 2 fully saturated rings. The fourth-order valence-corrected chi connectivity index (χ4v) is 4.51. The summed E-state index contributed by atoms with van der Waals surface area (Å²) in [6.45, 7) is 1.10. The standard InChI is InChI=1S/C17H21N3O/c18-17(19-21)15-2-1-3-16-14(15)6-7-20(16)10-13-9-11-4-5-12(13)8-11/h1-3,6-7,11-13,21H,4-5,8-10H2,(H2,18,19). The van der Waals surface area contributed by atoms with Crippen LogP contribution in [0.25, 0.3) is 10.9 Å². The number of hydrogen-bond donors (Lipinski definition) is 2. The van der Waals surface area contributed by atoms with Gasteiger partial charge in [-0.1, -0.05) is 23.7 Å². The van der Waals surface area contributed by atoms with Gasteiger partial charge in [0.1, 0.15) is 0 Å². The highest BCUT2D eigenvalue weighted by atomic mass is 16.4. The molecule has 0 saturated heterocycles. The van der Waals surface area contributed by atoms with E-state index in [1.54, 1.807) is 0 Å². The van der Waals surface area contributed by atoms with Crippen LogP contribution in [-0.2, 0) is 6.54 Å². The molecule has 1 heterocycles. The summed E-state index contributed by atoms with van der Waals surface area (Å²) in [5.41, 5.74) is 7.76. The van der Waals surface area contributed by atoms with Gasteiger partial charge < -0.3 is 15.5 Å². The number of hydrogen-bond acceptors (Lipinski definition) is 2. The number of nitrogens with zero attached hydrogens (tertiary/aromatic N) is 2. The Hall–Kier alpha value is -1.97. The summed E-state index contributed by atoms with van der Waals surface area (Å²) < 4.78 is 2.34.